The molecule has 0 aromatic heterocycles. The van der Waals surface area contributed by atoms with Crippen molar-refractivity contribution in [2.24, 2.45) is 11.7 Å². The van der Waals surface area contributed by atoms with Crippen LogP contribution in [-0.2, 0) is 9.84 Å². The summed E-state index contributed by atoms with van der Waals surface area (Å²) < 4.78 is 22.9. The third-order valence-corrected chi connectivity index (χ3v) is 4.04. The van der Waals surface area contributed by atoms with E-state index in [9.17, 15) is 8.42 Å². The summed E-state index contributed by atoms with van der Waals surface area (Å²) >= 11 is 0. The van der Waals surface area contributed by atoms with Crippen LogP contribution in [0.1, 0.15) is 40.0 Å². The largest absolute Gasteiger partial charge is 0.328 e. The summed E-state index contributed by atoms with van der Waals surface area (Å²) in [5.41, 5.74) is 5.57. The molecule has 86 valence electrons. The Hall–Kier alpha value is -0.0900. The average molecular weight is 221 g/mol. The molecule has 0 amide bonds. The molecule has 0 aromatic rings. The topological polar surface area (TPSA) is 60.2 Å². The van der Waals surface area contributed by atoms with Crippen LogP contribution in [0.3, 0.4) is 0 Å². The maximum absolute atomic E-state index is 11.5. The highest BCUT2D eigenvalue weighted by Crippen LogP contribution is 2.06. The fraction of sp³-hybridized carbons (Fsp3) is 1.00. The van der Waals surface area contributed by atoms with Crippen LogP contribution in [0.2, 0.25) is 0 Å². The predicted octanol–water partition coefficient (Wildman–Crippen LogP) is 1.57. The van der Waals surface area contributed by atoms with Gasteiger partial charge in [-0.05, 0) is 25.7 Å². The molecule has 1 unspecified atom stereocenters. The Balaban J connectivity index is 3.67. The first kappa shape index (κ1) is 13.9. The standard InChI is InChI=1S/C10H23NO2S/c1-9(2)8-14(12,13)7-5-4-6-10(3)11/h9-10H,4-8,11H2,1-3H3. The van der Waals surface area contributed by atoms with Gasteiger partial charge in [-0.3, -0.25) is 0 Å². The molecule has 0 heterocycles. The molecule has 0 radical (unpaired) electrons. The summed E-state index contributed by atoms with van der Waals surface area (Å²) in [6.45, 7) is 5.81. The lowest BCUT2D eigenvalue weighted by molar-refractivity contribution is 0.570. The van der Waals surface area contributed by atoms with Crippen LogP contribution < -0.4 is 5.73 Å². The molecular formula is C10H23NO2S. The van der Waals surface area contributed by atoms with Crippen molar-refractivity contribution >= 4 is 9.84 Å². The second-order valence-corrected chi connectivity index (χ2v) is 6.71. The van der Waals surface area contributed by atoms with Crippen molar-refractivity contribution in [3.63, 3.8) is 0 Å². The van der Waals surface area contributed by atoms with Gasteiger partial charge in [0.25, 0.3) is 0 Å². The average Bonchev–Trinajstić information content (AvgIpc) is 1.95. The number of unbranched alkanes of at least 4 members (excludes halogenated alkanes) is 1. The highest BCUT2D eigenvalue weighted by atomic mass is 32.2. The van der Waals surface area contributed by atoms with Crippen LogP contribution in [0.15, 0.2) is 0 Å². The third kappa shape index (κ3) is 8.51. The SMILES string of the molecule is CC(C)CS(=O)(=O)CCCCC(C)N. The monoisotopic (exact) mass is 221 g/mol. The summed E-state index contributed by atoms with van der Waals surface area (Å²) in [5, 5.41) is 0. The molecule has 1 atom stereocenters. The van der Waals surface area contributed by atoms with Crippen LogP contribution in [0.5, 0.6) is 0 Å². The summed E-state index contributed by atoms with van der Waals surface area (Å²) in [4.78, 5) is 0. The molecule has 0 saturated heterocycles. The van der Waals surface area contributed by atoms with Crippen molar-refractivity contribution in [2.45, 2.75) is 46.1 Å². The third-order valence-electron chi connectivity index (χ3n) is 1.95. The fourth-order valence-electron chi connectivity index (χ4n) is 1.38. The second-order valence-electron chi connectivity index (χ2n) is 4.48. The first-order chi connectivity index (χ1) is 6.33. The van der Waals surface area contributed by atoms with Gasteiger partial charge in [0.2, 0.25) is 0 Å². The van der Waals surface area contributed by atoms with Crippen molar-refractivity contribution in [3.05, 3.63) is 0 Å². The maximum Gasteiger partial charge on any atom is 0.150 e. The predicted molar refractivity (Wildman–Crippen MR) is 61.0 cm³/mol. The summed E-state index contributed by atoms with van der Waals surface area (Å²) in [5.74, 6) is 0.858. The van der Waals surface area contributed by atoms with Crippen molar-refractivity contribution in [3.8, 4) is 0 Å². The van der Waals surface area contributed by atoms with E-state index in [1.165, 1.54) is 0 Å². The zero-order valence-electron chi connectivity index (χ0n) is 9.49. The van der Waals surface area contributed by atoms with E-state index in [0.29, 0.717) is 11.5 Å². The first-order valence-corrected chi connectivity index (χ1v) is 7.11. The van der Waals surface area contributed by atoms with Gasteiger partial charge in [0.15, 0.2) is 9.84 Å². The molecule has 0 aliphatic rings. The van der Waals surface area contributed by atoms with Crippen molar-refractivity contribution in [2.75, 3.05) is 11.5 Å². The van der Waals surface area contributed by atoms with E-state index < -0.39 is 9.84 Å². The summed E-state index contributed by atoms with van der Waals surface area (Å²) in [7, 11) is -2.82. The van der Waals surface area contributed by atoms with Gasteiger partial charge in [0, 0.05) is 6.04 Å². The number of nitrogens with two attached hydrogens (primary N) is 1. The van der Waals surface area contributed by atoms with Gasteiger partial charge >= 0.3 is 0 Å². The van der Waals surface area contributed by atoms with E-state index in [0.717, 1.165) is 19.3 Å². The lowest BCUT2D eigenvalue weighted by atomic mass is 10.2. The molecule has 0 aliphatic heterocycles. The summed E-state index contributed by atoms with van der Waals surface area (Å²) in [6, 6.07) is 0.183. The molecule has 0 rings (SSSR count). The van der Waals surface area contributed by atoms with Crippen molar-refractivity contribution < 1.29 is 8.42 Å². The first-order valence-electron chi connectivity index (χ1n) is 5.29. The number of hydrogen-bond acceptors (Lipinski definition) is 3. The van der Waals surface area contributed by atoms with Gasteiger partial charge in [0.1, 0.15) is 0 Å². The molecule has 0 aromatic carbocycles. The van der Waals surface area contributed by atoms with Crippen molar-refractivity contribution in [1.29, 1.82) is 0 Å². The number of rotatable bonds is 7. The minimum Gasteiger partial charge on any atom is -0.328 e. The molecule has 14 heavy (non-hydrogen) atoms. The molecule has 0 aliphatic carbocycles. The Morgan fingerprint density at radius 2 is 1.71 bits per heavy atom. The van der Waals surface area contributed by atoms with E-state index in [-0.39, 0.29) is 12.0 Å². The zero-order valence-corrected chi connectivity index (χ0v) is 10.3. The van der Waals surface area contributed by atoms with Crippen LogP contribution >= 0.6 is 0 Å². The summed E-state index contributed by atoms with van der Waals surface area (Å²) in [6.07, 6.45) is 2.57. The van der Waals surface area contributed by atoms with Gasteiger partial charge in [-0.2, -0.15) is 0 Å². The second kappa shape index (κ2) is 6.40. The fourth-order valence-corrected chi connectivity index (χ4v) is 3.21. The van der Waals surface area contributed by atoms with Crippen LogP contribution in [0.4, 0.5) is 0 Å². The Morgan fingerprint density at radius 1 is 1.14 bits per heavy atom. The molecule has 3 nitrogen and oxygen atoms in total. The highest BCUT2D eigenvalue weighted by molar-refractivity contribution is 7.91. The molecule has 2 N–H and O–H groups in total. The Morgan fingerprint density at radius 3 is 2.14 bits per heavy atom. The van der Waals surface area contributed by atoms with Crippen LogP contribution in [-0.4, -0.2) is 26.0 Å². The Labute approximate surface area is 88.0 Å². The normalized spacial score (nSPS) is 14.6. The van der Waals surface area contributed by atoms with E-state index >= 15 is 0 Å². The van der Waals surface area contributed by atoms with Gasteiger partial charge in [-0.15, -0.1) is 0 Å². The Bertz CT molecular complexity index is 233. The molecule has 0 spiro atoms. The number of hydrogen-bond donors (Lipinski definition) is 1. The molecule has 0 saturated carbocycles. The van der Waals surface area contributed by atoms with E-state index in [1.807, 2.05) is 20.8 Å². The lowest BCUT2D eigenvalue weighted by Gasteiger charge is -2.07. The van der Waals surface area contributed by atoms with E-state index in [2.05, 4.69) is 0 Å². The molecule has 0 fully saturated rings. The van der Waals surface area contributed by atoms with Gasteiger partial charge in [-0.25, -0.2) is 8.42 Å². The lowest BCUT2D eigenvalue weighted by Crippen LogP contribution is -2.17. The van der Waals surface area contributed by atoms with Crippen LogP contribution in [0, 0.1) is 5.92 Å². The highest BCUT2D eigenvalue weighted by Gasteiger charge is 2.12. The van der Waals surface area contributed by atoms with Gasteiger partial charge < -0.3 is 5.73 Å². The zero-order chi connectivity index (χ0) is 11.2. The minimum atomic E-state index is -2.82. The maximum atomic E-state index is 11.5. The molecular weight excluding hydrogens is 198 g/mol. The van der Waals surface area contributed by atoms with Crippen LogP contribution in [0.25, 0.3) is 0 Å². The molecule has 0 bridgehead atoms. The minimum absolute atomic E-state index is 0.183. The molecule has 4 heteroatoms. The van der Waals surface area contributed by atoms with E-state index in [1.54, 1.807) is 0 Å². The van der Waals surface area contributed by atoms with E-state index in [4.69, 9.17) is 5.73 Å². The van der Waals surface area contributed by atoms with Gasteiger partial charge in [-0.1, -0.05) is 20.3 Å². The smallest absolute Gasteiger partial charge is 0.150 e. The van der Waals surface area contributed by atoms with Gasteiger partial charge in [0.05, 0.1) is 11.5 Å². The Kier molecular flexibility index (Phi) is 6.36. The number of sulfone groups is 1. The van der Waals surface area contributed by atoms with Crippen molar-refractivity contribution in [1.82, 2.24) is 0 Å². The quantitative estimate of drug-likeness (QED) is 0.664.